The molecule has 0 bridgehead atoms. The molecule has 0 fully saturated rings. The zero-order chi connectivity index (χ0) is 11.4. The lowest BCUT2D eigenvalue weighted by molar-refractivity contribution is 1.33. The summed E-state index contributed by atoms with van der Waals surface area (Å²) in [6, 6.07) is 8.63. The van der Waals surface area contributed by atoms with Crippen LogP contribution in [-0.2, 0) is 11.5 Å². The molecule has 0 saturated carbocycles. The van der Waals surface area contributed by atoms with Crippen LogP contribution in [0.4, 0.5) is 5.13 Å². The summed E-state index contributed by atoms with van der Waals surface area (Å²) in [5.74, 6) is 2.03. The van der Waals surface area contributed by atoms with Crippen LogP contribution in [0.3, 0.4) is 0 Å². The topological polar surface area (TPSA) is 38.9 Å². The molecule has 2 nitrogen and oxygen atoms in total. The standard InChI is InChI=1S/C12H14N2S2/c1-9-3-2-4-10(5-9)7-15-8-11-6-14-12(13)16-11/h2-6H,7-8H2,1H3,(H2,13,14). The van der Waals surface area contributed by atoms with Crippen LogP contribution in [0, 0.1) is 6.92 Å². The molecule has 0 aliphatic carbocycles. The molecule has 0 atom stereocenters. The van der Waals surface area contributed by atoms with Gasteiger partial charge in [-0.25, -0.2) is 4.98 Å². The predicted molar refractivity (Wildman–Crippen MR) is 72.7 cm³/mol. The number of nitrogen functional groups attached to an aromatic ring is 1. The molecule has 2 rings (SSSR count). The van der Waals surface area contributed by atoms with Crippen molar-refractivity contribution in [2.24, 2.45) is 0 Å². The second kappa shape index (κ2) is 5.37. The quantitative estimate of drug-likeness (QED) is 0.903. The highest BCUT2D eigenvalue weighted by molar-refractivity contribution is 7.97. The number of nitrogens with two attached hydrogens (primary N) is 1. The summed E-state index contributed by atoms with van der Waals surface area (Å²) in [4.78, 5) is 5.28. The van der Waals surface area contributed by atoms with Gasteiger partial charge >= 0.3 is 0 Å². The van der Waals surface area contributed by atoms with E-state index < -0.39 is 0 Å². The first-order valence-electron chi connectivity index (χ1n) is 5.07. The highest BCUT2D eigenvalue weighted by Gasteiger charge is 1.99. The molecule has 0 radical (unpaired) electrons. The minimum Gasteiger partial charge on any atom is -0.375 e. The highest BCUT2D eigenvalue weighted by Crippen LogP contribution is 2.23. The van der Waals surface area contributed by atoms with Crippen LogP contribution in [0.5, 0.6) is 0 Å². The van der Waals surface area contributed by atoms with Crippen LogP contribution in [0.1, 0.15) is 16.0 Å². The summed E-state index contributed by atoms with van der Waals surface area (Å²) in [5.41, 5.74) is 8.28. The summed E-state index contributed by atoms with van der Waals surface area (Å²) in [6.07, 6.45) is 1.86. The van der Waals surface area contributed by atoms with Gasteiger partial charge in [-0.1, -0.05) is 29.8 Å². The minimum atomic E-state index is 0.658. The van der Waals surface area contributed by atoms with Crippen LogP contribution in [0.2, 0.25) is 0 Å². The molecule has 0 aliphatic heterocycles. The second-order valence-corrected chi connectivity index (χ2v) is 5.78. The highest BCUT2D eigenvalue weighted by atomic mass is 32.2. The maximum atomic E-state index is 5.58. The van der Waals surface area contributed by atoms with E-state index in [1.54, 1.807) is 11.3 Å². The zero-order valence-electron chi connectivity index (χ0n) is 9.14. The Balaban J connectivity index is 1.84. The van der Waals surface area contributed by atoms with Crippen molar-refractivity contribution in [3.8, 4) is 0 Å². The molecule has 0 aliphatic rings. The first-order chi connectivity index (χ1) is 7.74. The van der Waals surface area contributed by atoms with Gasteiger partial charge in [0.1, 0.15) is 0 Å². The van der Waals surface area contributed by atoms with E-state index in [4.69, 9.17) is 5.73 Å². The van der Waals surface area contributed by atoms with Crippen LogP contribution in [0.25, 0.3) is 0 Å². The van der Waals surface area contributed by atoms with Gasteiger partial charge in [-0.05, 0) is 12.5 Å². The number of thioether (sulfide) groups is 1. The van der Waals surface area contributed by atoms with Gasteiger partial charge in [0, 0.05) is 22.6 Å². The SMILES string of the molecule is Cc1cccc(CSCc2cnc(N)s2)c1. The van der Waals surface area contributed by atoms with Crippen LogP contribution < -0.4 is 5.73 Å². The Morgan fingerprint density at radius 1 is 1.38 bits per heavy atom. The van der Waals surface area contributed by atoms with Gasteiger partial charge in [0.15, 0.2) is 5.13 Å². The number of thiazole rings is 1. The summed E-state index contributed by atoms with van der Waals surface area (Å²) in [5, 5.41) is 0.658. The summed E-state index contributed by atoms with van der Waals surface area (Å²) < 4.78 is 0. The van der Waals surface area contributed by atoms with Gasteiger partial charge in [-0.15, -0.1) is 11.3 Å². The van der Waals surface area contributed by atoms with Crippen LogP contribution >= 0.6 is 23.1 Å². The fraction of sp³-hybridized carbons (Fsp3) is 0.250. The summed E-state index contributed by atoms with van der Waals surface area (Å²) in [6.45, 7) is 2.12. The van der Waals surface area contributed by atoms with E-state index in [0.29, 0.717) is 5.13 Å². The largest absolute Gasteiger partial charge is 0.375 e. The van der Waals surface area contributed by atoms with Crippen molar-refractivity contribution in [3.63, 3.8) is 0 Å². The van der Waals surface area contributed by atoms with Crippen molar-refractivity contribution < 1.29 is 0 Å². The average Bonchev–Trinajstić information content (AvgIpc) is 2.64. The fourth-order valence-corrected chi connectivity index (χ4v) is 3.22. The number of hydrogen-bond acceptors (Lipinski definition) is 4. The normalized spacial score (nSPS) is 10.6. The molecule has 4 heteroatoms. The van der Waals surface area contributed by atoms with Gasteiger partial charge < -0.3 is 5.73 Å². The fourth-order valence-electron chi connectivity index (χ4n) is 1.46. The van der Waals surface area contributed by atoms with Crippen LogP contribution in [-0.4, -0.2) is 4.98 Å². The van der Waals surface area contributed by atoms with Crippen LogP contribution in [0.15, 0.2) is 30.5 Å². The maximum absolute atomic E-state index is 5.58. The molecule has 84 valence electrons. The van der Waals surface area contributed by atoms with E-state index in [0.717, 1.165) is 11.5 Å². The lowest BCUT2D eigenvalue weighted by Crippen LogP contribution is -1.82. The Morgan fingerprint density at radius 3 is 2.94 bits per heavy atom. The molecule has 1 heterocycles. The number of aryl methyl sites for hydroxylation is 1. The molecule has 2 aromatic rings. The summed E-state index contributed by atoms with van der Waals surface area (Å²) >= 11 is 3.47. The molecule has 0 saturated heterocycles. The number of aromatic nitrogens is 1. The lowest BCUT2D eigenvalue weighted by Gasteiger charge is -2.01. The van der Waals surface area contributed by atoms with E-state index >= 15 is 0 Å². The number of anilines is 1. The van der Waals surface area contributed by atoms with Gasteiger partial charge in [0.2, 0.25) is 0 Å². The second-order valence-electron chi connectivity index (χ2n) is 3.65. The van der Waals surface area contributed by atoms with Gasteiger partial charge in [0.25, 0.3) is 0 Å². The first-order valence-corrected chi connectivity index (χ1v) is 7.04. The summed E-state index contributed by atoms with van der Waals surface area (Å²) in [7, 11) is 0. The number of rotatable bonds is 4. The molecule has 0 spiro atoms. The molecule has 0 amide bonds. The molecular formula is C12H14N2S2. The van der Waals surface area contributed by atoms with E-state index in [2.05, 4.69) is 36.2 Å². The minimum absolute atomic E-state index is 0.658. The predicted octanol–water partition coefficient (Wildman–Crippen LogP) is 3.47. The monoisotopic (exact) mass is 250 g/mol. The Kier molecular flexibility index (Phi) is 3.85. The van der Waals surface area contributed by atoms with Crippen molar-refractivity contribution in [1.29, 1.82) is 0 Å². The molecule has 1 aromatic carbocycles. The lowest BCUT2D eigenvalue weighted by atomic mass is 10.2. The van der Waals surface area contributed by atoms with E-state index in [9.17, 15) is 0 Å². The van der Waals surface area contributed by atoms with E-state index in [1.165, 1.54) is 16.0 Å². The van der Waals surface area contributed by atoms with Gasteiger partial charge in [-0.2, -0.15) is 11.8 Å². The van der Waals surface area contributed by atoms with Crippen molar-refractivity contribution in [3.05, 3.63) is 46.5 Å². The Hall–Kier alpha value is -1.00. The third-order valence-electron chi connectivity index (χ3n) is 2.17. The first kappa shape index (κ1) is 11.5. The Bertz CT molecular complexity index is 466. The maximum Gasteiger partial charge on any atom is 0.180 e. The van der Waals surface area contributed by atoms with Crippen molar-refractivity contribution >= 4 is 28.2 Å². The number of nitrogens with zero attached hydrogens (tertiary/aromatic N) is 1. The molecule has 2 N–H and O–H groups in total. The third kappa shape index (κ3) is 3.25. The van der Waals surface area contributed by atoms with Crippen molar-refractivity contribution in [2.45, 2.75) is 18.4 Å². The third-order valence-corrected chi connectivity index (χ3v) is 4.23. The van der Waals surface area contributed by atoms with Crippen molar-refractivity contribution in [2.75, 3.05) is 5.73 Å². The average molecular weight is 250 g/mol. The van der Waals surface area contributed by atoms with Crippen molar-refractivity contribution in [1.82, 2.24) is 4.98 Å². The number of hydrogen-bond donors (Lipinski definition) is 1. The van der Waals surface area contributed by atoms with Gasteiger partial charge in [-0.3, -0.25) is 0 Å². The smallest absolute Gasteiger partial charge is 0.180 e. The molecule has 16 heavy (non-hydrogen) atoms. The zero-order valence-corrected chi connectivity index (χ0v) is 10.8. The molecular weight excluding hydrogens is 236 g/mol. The van der Waals surface area contributed by atoms with E-state index in [1.807, 2.05) is 18.0 Å². The van der Waals surface area contributed by atoms with E-state index in [-0.39, 0.29) is 0 Å². The molecule has 0 unspecified atom stereocenters. The van der Waals surface area contributed by atoms with Gasteiger partial charge in [0.05, 0.1) is 0 Å². The molecule has 1 aromatic heterocycles. The Morgan fingerprint density at radius 2 is 2.25 bits per heavy atom. The Labute approximate surface area is 104 Å². The number of benzene rings is 1.